The Labute approximate surface area is 104 Å². The first-order valence-corrected chi connectivity index (χ1v) is 6.95. The lowest BCUT2D eigenvalue weighted by molar-refractivity contribution is -0.122. The minimum Gasteiger partial charge on any atom is -0.355 e. The first-order chi connectivity index (χ1) is 8.25. The van der Waals surface area contributed by atoms with Crippen LogP contribution in [-0.2, 0) is 4.79 Å². The minimum absolute atomic E-state index is 0.257. The topological polar surface area (TPSA) is 44.4 Å². The molecule has 1 unspecified atom stereocenters. The molecule has 4 nitrogen and oxygen atoms in total. The van der Waals surface area contributed by atoms with Crippen molar-refractivity contribution in [2.75, 3.05) is 33.2 Å². The molecule has 1 saturated heterocycles. The summed E-state index contributed by atoms with van der Waals surface area (Å²) in [6, 6.07) is 0.637. The fourth-order valence-corrected chi connectivity index (χ4v) is 2.40. The van der Waals surface area contributed by atoms with Gasteiger partial charge in [-0.2, -0.15) is 0 Å². The summed E-state index contributed by atoms with van der Waals surface area (Å²) in [6.45, 7) is 4.09. The van der Waals surface area contributed by atoms with Crippen molar-refractivity contribution in [3.8, 4) is 0 Å². The molecule has 4 heteroatoms. The number of rotatable bonds is 5. The smallest absolute Gasteiger partial charge is 0.223 e. The van der Waals surface area contributed by atoms with Crippen molar-refractivity contribution in [3.63, 3.8) is 0 Å². The molecule has 2 fully saturated rings. The van der Waals surface area contributed by atoms with Crippen LogP contribution in [-0.4, -0.2) is 50.1 Å². The molecule has 1 amide bonds. The molecule has 1 saturated carbocycles. The number of carbonyl (C=O) groups excluding carboxylic acids is 1. The van der Waals surface area contributed by atoms with Crippen molar-refractivity contribution in [2.45, 2.75) is 38.1 Å². The molecule has 0 aromatic rings. The molecule has 0 bridgehead atoms. The highest BCUT2D eigenvalue weighted by atomic mass is 16.2. The highest BCUT2D eigenvalue weighted by Crippen LogP contribution is 2.28. The Morgan fingerprint density at radius 1 is 1.18 bits per heavy atom. The van der Waals surface area contributed by atoms with Gasteiger partial charge in [0, 0.05) is 25.0 Å². The van der Waals surface area contributed by atoms with E-state index in [2.05, 4.69) is 22.6 Å². The van der Waals surface area contributed by atoms with Gasteiger partial charge in [-0.3, -0.25) is 4.79 Å². The van der Waals surface area contributed by atoms with Gasteiger partial charge in [0.05, 0.1) is 0 Å². The van der Waals surface area contributed by atoms with E-state index < -0.39 is 0 Å². The number of hydrogen-bond acceptors (Lipinski definition) is 3. The van der Waals surface area contributed by atoms with Crippen LogP contribution in [0.4, 0.5) is 0 Å². The zero-order valence-electron chi connectivity index (χ0n) is 10.9. The minimum atomic E-state index is 0.257. The number of amides is 1. The van der Waals surface area contributed by atoms with Gasteiger partial charge in [-0.1, -0.05) is 0 Å². The summed E-state index contributed by atoms with van der Waals surface area (Å²) in [5.41, 5.74) is 0. The van der Waals surface area contributed by atoms with Crippen LogP contribution in [0.3, 0.4) is 0 Å². The van der Waals surface area contributed by atoms with Crippen LogP contribution in [0.5, 0.6) is 0 Å². The van der Waals surface area contributed by atoms with Gasteiger partial charge in [-0.05, 0) is 52.2 Å². The standard InChI is InChI=1S/C13H25N3O/c1-16-9-2-3-12(6-10-16)14-7-8-15-13(17)11-4-5-11/h11-12,14H,2-10H2,1H3,(H,15,17). The number of nitrogens with zero attached hydrogens (tertiary/aromatic N) is 1. The Morgan fingerprint density at radius 3 is 2.76 bits per heavy atom. The van der Waals surface area contributed by atoms with E-state index in [1.54, 1.807) is 0 Å². The fourth-order valence-electron chi connectivity index (χ4n) is 2.40. The molecule has 0 aromatic carbocycles. The lowest BCUT2D eigenvalue weighted by Gasteiger charge is -2.16. The van der Waals surface area contributed by atoms with E-state index in [4.69, 9.17) is 0 Å². The third-order valence-electron chi connectivity index (χ3n) is 3.76. The number of nitrogens with one attached hydrogen (secondary N) is 2. The van der Waals surface area contributed by atoms with Crippen molar-refractivity contribution in [1.82, 2.24) is 15.5 Å². The molecule has 0 aromatic heterocycles. The maximum absolute atomic E-state index is 11.4. The molecule has 1 aliphatic heterocycles. The SMILES string of the molecule is CN1CCCC(NCCNC(=O)C2CC2)CC1. The highest BCUT2D eigenvalue weighted by Gasteiger charge is 2.29. The van der Waals surface area contributed by atoms with Crippen molar-refractivity contribution in [1.29, 1.82) is 0 Å². The van der Waals surface area contributed by atoms with Gasteiger partial charge < -0.3 is 15.5 Å². The summed E-state index contributed by atoms with van der Waals surface area (Å²) in [7, 11) is 2.19. The average Bonchev–Trinajstić information content (AvgIpc) is 3.12. The Balaban J connectivity index is 1.53. The maximum Gasteiger partial charge on any atom is 0.223 e. The van der Waals surface area contributed by atoms with Crippen molar-refractivity contribution < 1.29 is 4.79 Å². The van der Waals surface area contributed by atoms with Crippen molar-refractivity contribution >= 4 is 5.91 Å². The maximum atomic E-state index is 11.4. The van der Waals surface area contributed by atoms with Crippen LogP contribution in [0.25, 0.3) is 0 Å². The predicted molar refractivity (Wildman–Crippen MR) is 68.9 cm³/mol. The number of carbonyl (C=O) groups is 1. The molecule has 1 atom stereocenters. The van der Waals surface area contributed by atoms with Gasteiger partial charge in [0.2, 0.25) is 5.91 Å². The zero-order chi connectivity index (χ0) is 12.1. The van der Waals surface area contributed by atoms with Crippen LogP contribution < -0.4 is 10.6 Å². The largest absolute Gasteiger partial charge is 0.355 e. The van der Waals surface area contributed by atoms with E-state index in [1.165, 1.54) is 32.4 Å². The molecule has 0 spiro atoms. The molecule has 2 rings (SSSR count). The molecular weight excluding hydrogens is 214 g/mol. The summed E-state index contributed by atoms with van der Waals surface area (Å²) < 4.78 is 0. The fraction of sp³-hybridized carbons (Fsp3) is 0.923. The van der Waals surface area contributed by atoms with E-state index in [9.17, 15) is 4.79 Å². The van der Waals surface area contributed by atoms with Crippen LogP contribution in [0, 0.1) is 5.92 Å². The molecule has 2 N–H and O–H groups in total. The molecule has 2 aliphatic rings. The zero-order valence-corrected chi connectivity index (χ0v) is 10.9. The normalized spacial score (nSPS) is 26.5. The second-order valence-electron chi connectivity index (χ2n) is 5.45. The van der Waals surface area contributed by atoms with Crippen LogP contribution in [0.1, 0.15) is 32.1 Å². The van der Waals surface area contributed by atoms with Gasteiger partial charge >= 0.3 is 0 Å². The van der Waals surface area contributed by atoms with Gasteiger partial charge in [0.1, 0.15) is 0 Å². The summed E-state index contributed by atoms with van der Waals surface area (Å²) in [5.74, 6) is 0.592. The number of hydrogen-bond donors (Lipinski definition) is 2. The van der Waals surface area contributed by atoms with Gasteiger partial charge in [-0.25, -0.2) is 0 Å². The molecule has 17 heavy (non-hydrogen) atoms. The first-order valence-electron chi connectivity index (χ1n) is 6.95. The lowest BCUT2D eigenvalue weighted by Crippen LogP contribution is -2.37. The van der Waals surface area contributed by atoms with Crippen LogP contribution in [0.15, 0.2) is 0 Å². The van der Waals surface area contributed by atoms with Gasteiger partial charge in [0.25, 0.3) is 0 Å². The molecular formula is C13H25N3O. The summed E-state index contributed by atoms with van der Waals surface area (Å²) in [6.07, 6.45) is 5.96. The quantitative estimate of drug-likeness (QED) is 0.690. The van der Waals surface area contributed by atoms with Gasteiger partial charge in [0.15, 0.2) is 0 Å². The predicted octanol–water partition coefficient (Wildman–Crippen LogP) is 0.587. The van der Waals surface area contributed by atoms with Crippen LogP contribution >= 0.6 is 0 Å². The van der Waals surface area contributed by atoms with E-state index >= 15 is 0 Å². The second kappa shape index (κ2) is 6.36. The van der Waals surface area contributed by atoms with E-state index in [0.717, 1.165) is 25.9 Å². The third kappa shape index (κ3) is 4.64. The molecule has 1 aliphatic carbocycles. The van der Waals surface area contributed by atoms with Crippen molar-refractivity contribution in [2.24, 2.45) is 5.92 Å². The van der Waals surface area contributed by atoms with E-state index in [-0.39, 0.29) is 5.91 Å². The van der Waals surface area contributed by atoms with Gasteiger partial charge in [-0.15, -0.1) is 0 Å². The first kappa shape index (κ1) is 12.8. The van der Waals surface area contributed by atoms with Crippen LogP contribution in [0.2, 0.25) is 0 Å². The van der Waals surface area contributed by atoms with E-state index in [0.29, 0.717) is 12.0 Å². The Hall–Kier alpha value is -0.610. The Kier molecular flexibility index (Phi) is 4.80. The highest BCUT2D eigenvalue weighted by molar-refractivity contribution is 5.80. The number of likely N-dealkylation sites (tertiary alicyclic amines) is 1. The molecule has 98 valence electrons. The summed E-state index contributed by atoms with van der Waals surface area (Å²) in [5, 5.41) is 6.55. The summed E-state index contributed by atoms with van der Waals surface area (Å²) in [4.78, 5) is 13.8. The average molecular weight is 239 g/mol. The second-order valence-corrected chi connectivity index (χ2v) is 5.45. The Bertz CT molecular complexity index is 253. The lowest BCUT2D eigenvalue weighted by atomic mass is 10.1. The van der Waals surface area contributed by atoms with E-state index in [1.807, 2.05) is 0 Å². The molecule has 0 radical (unpaired) electrons. The summed E-state index contributed by atoms with van der Waals surface area (Å²) >= 11 is 0. The van der Waals surface area contributed by atoms with Crippen molar-refractivity contribution in [3.05, 3.63) is 0 Å². The monoisotopic (exact) mass is 239 g/mol. The molecule has 1 heterocycles. The Morgan fingerprint density at radius 2 is 2.00 bits per heavy atom. The third-order valence-corrected chi connectivity index (χ3v) is 3.76.